The second-order valence-electron chi connectivity index (χ2n) is 5.40. The van der Waals surface area contributed by atoms with Crippen LogP contribution in [0.15, 0.2) is 38.9 Å². The van der Waals surface area contributed by atoms with Crippen molar-refractivity contribution in [3.8, 4) is 0 Å². The average Bonchev–Trinajstić information content (AvgIpc) is 2.57. The monoisotopic (exact) mass is 362 g/mol. The van der Waals surface area contributed by atoms with Gasteiger partial charge in [-0.25, -0.2) is 14.8 Å². The van der Waals surface area contributed by atoms with Crippen LogP contribution >= 0.6 is 23.4 Å². The summed E-state index contributed by atoms with van der Waals surface area (Å²) in [6.07, 6.45) is 0. The van der Waals surface area contributed by atoms with E-state index in [9.17, 15) is 9.59 Å². The highest BCUT2D eigenvalue weighted by atomic mass is 35.5. The molecule has 124 valence electrons. The summed E-state index contributed by atoms with van der Waals surface area (Å²) in [6.45, 7) is 1.74. The molecule has 0 bridgehead atoms. The minimum absolute atomic E-state index is 0.356. The molecule has 0 amide bonds. The molecule has 1 aromatic carbocycles. The number of rotatable bonds is 3. The lowest BCUT2D eigenvalue weighted by atomic mass is 10.2. The topological polar surface area (TPSA) is 69.8 Å². The molecule has 0 radical (unpaired) electrons. The molecule has 0 fully saturated rings. The molecule has 0 aliphatic carbocycles. The minimum Gasteiger partial charge on any atom is -0.280 e. The molecule has 2 heterocycles. The molecule has 0 aliphatic heterocycles. The van der Waals surface area contributed by atoms with Crippen LogP contribution in [0.1, 0.15) is 11.4 Å². The van der Waals surface area contributed by atoms with Crippen LogP contribution in [0.2, 0.25) is 5.02 Å². The first-order valence-electron chi connectivity index (χ1n) is 7.20. The summed E-state index contributed by atoms with van der Waals surface area (Å²) in [5, 5.41) is 1.61. The van der Waals surface area contributed by atoms with E-state index in [0.29, 0.717) is 32.7 Å². The lowest BCUT2D eigenvalue weighted by Gasteiger charge is -2.10. The predicted octanol–water partition coefficient (Wildman–Crippen LogP) is 2.28. The van der Waals surface area contributed by atoms with Gasteiger partial charge in [0.1, 0.15) is 16.2 Å². The Bertz CT molecular complexity index is 1040. The molecule has 0 saturated carbocycles. The Morgan fingerprint density at radius 2 is 1.75 bits per heavy atom. The van der Waals surface area contributed by atoms with E-state index in [2.05, 4.69) is 9.97 Å². The summed E-state index contributed by atoms with van der Waals surface area (Å²) in [6, 6.07) is 7.51. The summed E-state index contributed by atoms with van der Waals surface area (Å²) in [5.74, 6) is 1.15. The first kappa shape index (κ1) is 16.7. The van der Waals surface area contributed by atoms with E-state index in [1.165, 1.54) is 23.4 Å². The third-order valence-electron chi connectivity index (χ3n) is 3.67. The Kier molecular flexibility index (Phi) is 4.47. The number of thioether (sulfide) groups is 1. The number of fused-ring (bicyclic) bond motifs is 1. The first-order chi connectivity index (χ1) is 11.4. The van der Waals surface area contributed by atoms with Gasteiger partial charge in [-0.05, 0) is 24.6 Å². The highest BCUT2D eigenvalue weighted by Crippen LogP contribution is 2.26. The van der Waals surface area contributed by atoms with Crippen molar-refractivity contribution in [2.24, 2.45) is 14.1 Å². The van der Waals surface area contributed by atoms with Gasteiger partial charge in [0.15, 0.2) is 5.65 Å². The average molecular weight is 363 g/mol. The van der Waals surface area contributed by atoms with Gasteiger partial charge in [-0.15, -0.1) is 11.8 Å². The third-order valence-corrected chi connectivity index (χ3v) is 4.97. The van der Waals surface area contributed by atoms with Gasteiger partial charge in [0.25, 0.3) is 5.56 Å². The Labute approximate surface area is 147 Å². The van der Waals surface area contributed by atoms with Crippen LogP contribution in [0.3, 0.4) is 0 Å². The number of aromatic nitrogens is 4. The maximum absolute atomic E-state index is 12.5. The van der Waals surface area contributed by atoms with Crippen LogP contribution < -0.4 is 11.2 Å². The summed E-state index contributed by atoms with van der Waals surface area (Å²) in [5.41, 5.74) is 0.635. The summed E-state index contributed by atoms with van der Waals surface area (Å²) in [4.78, 5) is 33.3. The highest BCUT2D eigenvalue weighted by molar-refractivity contribution is 7.98. The van der Waals surface area contributed by atoms with Gasteiger partial charge in [-0.3, -0.25) is 13.9 Å². The molecule has 8 heteroatoms. The van der Waals surface area contributed by atoms with Crippen molar-refractivity contribution >= 4 is 34.4 Å². The van der Waals surface area contributed by atoms with Crippen molar-refractivity contribution in [2.75, 3.05) is 0 Å². The van der Waals surface area contributed by atoms with E-state index in [4.69, 9.17) is 11.6 Å². The lowest BCUT2D eigenvalue weighted by molar-refractivity contribution is 0.701. The molecular weight excluding hydrogens is 348 g/mol. The van der Waals surface area contributed by atoms with Crippen LogP contribution in [0.25, 0.3) is 11.0 Å². The van der Waals surface area contributed by atoms with Crippen LogP contribution in [0.4, 0.5) is 0 Å². The van der Waals surface area contributed by atoms with Gasteiger partial charge in [-0.1, -0.05) is 23.7 Å². The fourth-order valence-corrected chi connectivity index (χ4v) is 3.51. The molecule has 0 saturated heterocycles. The molecule has 0 spiro atoms. The molecule has 0 aliphatic rings. The fraction of sp³-hybridized carbons (Fsp3) is 0.250. The molecular formula is C16H15ClN4O2S. The smallest absolute Gasteiger partial charge is 0.280 e. The van der Waals surface area contributed by atoms with Gasteiger partial charge in [-0.2, -0.15) is 0 Å². The molecule has 0 atom stereocenters. The summed E-state index contributed by atoms with van der Waals surface area (Å²) in [7, 11) is 3.06. The number of hydrogen-bond donors (Lipinski definition) is 0. The van der Waals surface area contributed by atoms with E-state index in [1.807, 2.05) is 24.3 Å². The third kappa shape index (κ3) is 2.97. The Balaban J connectivity index is 2.12. The van der Waals surface area contributed by atoms with E-state index < -0.39 is 5.69 Å². The van der Waals surface area contributed by atoms with Crippen molar-refractivity contribution in [3.05, 3.63) is 61.5 Å². The Morgan fingerprint density at radius 3 is 2.42 bits per heavy atom. The Hall–Kier alpha value is -2.12. The van der Waals surface area contributed by atoms with E-state index in [1.54, 1.807) is 14.0 Å². The van der Waals surface area contributed by atoms with Crippen LogP contribution in [-0.4, -0.2) is 19.1 Å². The predicted molar refractivity (Wildman–Crippen MR) is 95.8 cm³/mol. The largest absolute Gasteiger partial charge is 0.332 e. The minimum atomic E-state index is -0.403. The van der Waals surface area contributed by atoms with Crippen LogP contribution in [0, 0.1) is 6.92 Å². The standard InChI is InChI=1S/C16H15ClN4O2S/c1-9-18-13-12(15(22)21(3)16(23)20(13)2)14(19-9)24-8-10-4-6-11(17)7-5-10/h4-7H,8H2,1-3H3. The van der Waals surface area contributed by atoms with Gasteiger partial charge in [0, 0.05) is 24.9 Å². The maximum Gasteiger partial charge on any atom is 0.332 e. The first-order valence-corrected chi connectivity index (χ1v) is 8.56. The fourth-order valence-electron chi connectivity index (χ4n) is 2.37. The van der Waals surface area contributed by atoms with Crippen molar-refractivity contribution in [2.45, 2.75) is 17.7 Å². The number of halogens is 1. The molecule has 6 nitrogen and oxygen atoms in total. The SMILES string of the molecule is Cc1nc(SCc2ccc(Cl)cc2)c2c(=O)n(C)c(=O)n(C)c2n1. The van der Waals surface area contributed by atoms with Gasteiger partial charge < -0.3 is 0 Å². The summed E-state index contributed by atoms with van der Waals surface area (Å²) >= 11 is 7.33. The van der Waals surface area contributed by atoms with E-state index >= 15 is 0 Å². The van der Waals surface area contributed by atoms with Crippen molar-refractivity contribution < 1.29 is 0 Å². The highest BCUT2D eigenvalue weighted by Gasteiger charge is 2.16. The van der Waals surface area contributed by atoms with Crippen molar-refractivity contribution in [1.29, 1.82) is 0 Å². The van der Waals surface area contributed by atoms with Crippen molar-refractivity contribution in [1.82, 2.24) is 19.1 Å². The van der Waals surface area contributed by atoms with Gasteiger partial charge in [0.05, 0.1) is 0 Å². The number of nitrogens with zero attached hydrogens (tertiary/aromatic N) is 4. The summed E-state index contributed by atoms with van der Waals surface area (Å²) < 4.78 is 2.45. The van der Waals surface area contributed by atoms with E-state index in [-0.39, 0.29) is 5.56 Å². The van der Waals surface area contributed by atoms with Gasteiger partial charge >= 0.3 is 5.69 Å². The van der Waals surface area contributed by atoms with Gasteiger partial charge in [0.2, 0.25) is 0 Å². The van der Waals surface area contributed by atoms with E-state index in [0.717, 1.165) is 10.1 Å². The molecule has 2 aromatic heterocycles. The second-order valence-corrected chi connectivity index (χ2v) is 6.80. The number of benzene rings is 1. The molecule has 3 rings (SSSR count). The zero-order valence-corrected chi connectivity index (χ0v) is 15.0. The quantitative estimate of drug-likeness (QED) is 0.528. The second kappa shape index (κ2) is 6.41. The maximum atomic E-state index is 12.5. The molecule has 0 N–H and O–H groups in total. The molecule has 3 aromatic rings. The van der Waals surface area contributed by atoms with Crippen molar-refractivity contribution in [3.63, 3.8) is 0 Å². The van der Waals surface area contributed by atoms with Crippen LogP contribution in [0.5, 0.6) is 0 Å². The zero-order valence-electron chi connectivity index (χ0n) is 13.4. The molecule has 24 heavy (non-hydrogen) atoms. The Morgan fingerprint density at radius 1 is 1.08 bits per heavy atom. The number of aryl methyl sites for hydroxylation is 2. The lowest BCUT2D eigenvalue weighted by Crippen LogP contribution is -2.37. The number of hydrogen-bond acceptors (Lipinski definition) is 5. The zero-order chi connectivity index (χ0) is 17.4. The normalized spacial score (nSPS) is 11.2. The molecule has 0 unspecified atom stereocenters. The van der Waals surface area contributed by atoms with Crippen LogP contribution in [-0.2, 0) is 19.8 Å².